The smallest absolute Gasteiger partial charge is 0.0465 e. The van der Waals surface area contributed by atoms with Crippen LogP contribution in [0.3, 0.4) is 0 Å². The predicted octanol–water partition coefficient (Wildman–Crippen LogP) is 35.6. The molecule has 4 heteroatoms. The second-order valence-corrected chi connectivity index (χ2v) is 44.5. The average molecular weight is 1780 g/mol. The van der Waals surface area contributed by atoms with Crippen molar-refractivity contribution in [2.75, 3.05) is 19.6 Å². The predicted molar refractivity (Wildman–Crippen MR) is 578 cm³/mol. The highest BCUT2D eigenvalue weighted by atomic mass is 15.2. The first-order valence-electron chi connectivity index (χ1n) is 51.9. The van der Waals surface area contributed by atoms with Crippen LogP contribution in [0.25, 0.3) is 45.5 Å². The number of benzene rings is 15. The first-order valence-corrected chi connectivity index (χ1v) is 51.9. The van der Waals surface area contributed by atoms with Gasteiger partial charge in [-0.25, -0.2) is 0 Å². The molecule has 0 saturated heterocycles. The molecule has 4 nitrogen and oxygen atoms in total. The first kappa shape index (κ1) is 86.8. The third-order valence-electron chi connectivity index (χ3n) is 35.2. The number of rotatable bonds is 25. The molecule has 27 rings (SSSR count). The van der Waals surface area contributed by atoms with E-state index in [4.69, 9.17) is 0 Å². The lowest BCUT2D eigenvalue weighted by Gasteiger charge is -2.63. The van der Waals surface area contributed by atoms with E-state index in [0.717, 1.165) is 60.0 Å². The minimum atomic E-state index is -0.156. The quantitative estimate of drug-likeness (QED) is 0.0565. The van der Waals surface area contributed by atoms with Crippen molar-refractivity contribution in [2.45, 2.75) is 222 Å². The van der Waals surface area contributed by atoms with Gasteiger partial charge in [-0.15, -0.1) is 0 Å². The van der Waals surface area contributed by atoms with Gasteiger partial charge in [0, 0.05) is 79.1 Å². The molecule has 137 heavy (non-hydrogen) atoms. The highest BCUT2D eigenvalue weighted by Crippen LogP contribution is 2.69. The number of fused-ring (bicyclic) bond motifs is 8. The van der Waals surface area contributed by atoms with Crippen molar-refractivity contribution in [1.82, 2.24) is 0 Å². The van der Waals surface area contributed by atoms with Crippen LogP contribution in [0, 0.1) is 30.6 Å². The summed E-state index contributed by atoms with van der Waals surface area (Å²) in [5.74, 6) is 3.22. The standard InChI is InChI=1S/C70H68N2.C63H62N2/c1-6-8-9-49-14-27-59(28-15-49)71(60-29-23-57(24-30-60)70-44-50-38-51(45-70)43-69(42-50,46-70)56-21-12-48(7-2)13-22-56)61-31-33-62(34-32-61)72(58-25-10-47(3)11-26-58)63-35-37-65-64-36-20-55(40-66(64)68(4,5)67(65)41-63)54-19-17-52-16-18-53(52)39-54;1-5-7-10-44-15-24-51(25-16-44)64(52-27-22-50(23-28-52)63-40-45-35-46(41-63)39-62(38-45,42-63)49-20-13-43(6-2)14-21-49)53-29-31-54(32-30-53)65(55-26-19-47-17-18-48(47)36-55)56-33-34-58-57-11-8-9-12-59(57)61(3,4)60(58)37-56/h7,10-15,17,19-37,39-41,50-51H,2,6,8-9,16,18,38,42-46H2,1,3-5H3;6,8-9,11-16,19-34,36-37,45-46H,2,5,7,10,17-18,35,38-42H2,1,3-4H3. The van der Waals surface area contributed by atoms with Gasteiger partial charge in [0.05, 0.1) is 0 Å². The Kier molecular flexibility index (Phi) is 21.7. The summed E-state index contributed by atoms with van der Waals surface area (Å²) in [5.41, 5.74) is 47.3. The molecule has 12 aliphatic carbocycles. The fourth-order valence-corrected chi connectivity index (χ4v) is 28.7. The molecule has 4 atom stereocenters. The second-order valence-electron chi connectivity index (χ2n) is 44.5. The summed E-state index contributed by atoms with van der Waals surface area (Å²) in [7, 11) is 0. The molecular weight excluding hydrogens is 1650 g/mol. The van der Waals surface area contributed by atoms with Crippen molar-refractivity contribution in [1.29, 1.82) is 0 Å². The molecule has 8 saturated carbocycles. The van der Waals surface area contributed by atoms with Gasteiger partial charge in [-0.2, -0.15) is 0 Å². The molecule has 8 bridgehead atoms. The van der Waals surface area contributed by atoms with Gasteiger partial charge in [-0.1, -0.05) is 267 Å². The Balaban J connectivity index is 0.000000150. The molecule has 0 aromatic heterocycles. The maximum absolute atomic E-state index is 4.04. The summed E-state index contributed by atoms with van der Waals surface area (Å²) >= 11 is 0. The fraction of sp³-hybridized carbons (Fsp3) is 0.293. The summed E-state index contributed by atoms with van der Waals surface area (Å²) in [5, 5.41) is 0. The molecule has 682 valence electrons. The molecule has 8 fully saturated rings. The topological polar surface area (TPSA) is 13.0 Å². The van der Waals surface area contributed by atoms with Crippen molar-refractivity contribution in [3.8, 4) is 33.4 Å². The van der Waals surface area contributed by atoms with Crippen LogP contribution < -0.4 is 19.6 Å². The number of unbranched alkanes of at least 4 members (excludes halogenated alkanes) is 2. The van der Waals surface area contributed by atoms with Crippen molar-refractivity contribution in [3.05, 3.63) is 441 Å². The van der Waals surface area contributed by atoms with Crippen molar-refractivity contribution in [3.63, 3.8) is 0 Å². The number of nitrogens with zero attached hydrogens (tertiary/aromatic N) is 4. The van der Waals surface area contributed by atoms with Crippen molar-refractivity contribution < 1.29 is 0 Å². The Bertz CT molecular complexity index is 7080. The molecule has 0 radical (unpaired) electrons. The minimum absolute atomic E-state index is 0.0745. The zero-order valence-corrected chi connectivity index (χ0v) is 81.5. The van der Waals surface area contributed by atoms with E-state index >= 15 is 0 Å². The Morgan fingerprint density at radius 3 is 0.942 bits per heavy atom. The molecule has 12 aliphatic rings. The van der Waals surface area contributed by atoms with E-state index < -0.39 is 0 Å². The van der Waals surface area contributed by atoms with Gasteiger partial charge in [-0.05, 0) is 455 Å². The molecule has 4 unspecified atom stereocenters. The van der Waals surface area contributed by atoms with E-state index in [1.54, 1.807) is 16.7 Å². The summed E-state index contributed by atoms with van der Waals surface area (Å²) in [6.45, 7) is 24.4. The van der Waals surface area contributed by atoms with Gasteiger partial charge in [0.25, 0.3) is 0 Å². The molecule has 0 heterocycles. The van der Waals surface area contributed by atoms with E-state index in [1.807, 2.05) is 12.2 Å². The molecule has 0 N–H and O–H groups in total. The van der Waals surface area contributed by atoms with Crippen LogP contribution in [0.5, 0.6) is 0 Å². The maximum atomic E-state index is 4.04. The van der Waals surface area contributed by atoms with Crippen LogP contribution in [0.2, 0.25) is 0 Å². The lowest BCUT2D eigenvalue weighted by atomic mass is 9.41. The first-order chi connectivity index (χ1) is 66.8. The van der Waals surface area contributed by atoms with Gasteiger partial charge in [0.2, 0.25) is 0 Å². The Hall–Kier alpha value is -13.0. The average Bonchev–Trinajstić information content (AvgIpc) is 1.66. The van der Waals surface area contributed by atoms with E-state index in [9.17, 15) is 0 Å². The zero-order chi connectivity index (χ0) is 92.7. The SMILES string of the molecule is C=Cc1ccc(C23CC4CC(C2)CC(c2ccc(N(c5ccc(CCCC)cc5)c5ccc(N(c6ccc(C)cc6)c6ccc7c(c6)C(C)(C)c6cc(-c8ccc9c(c8)CC9)ccc6-7)cc5)cc2)(C4)C3)cc1.C=Cc1ccc(C23CC4CC(C2)CC(c2ccc(N(c5ccc(CCCC)cc5)c5ccc(N(c6ccc7c(c6)CC7)c6ccc7c(c6)C(C)(C)c6ccccc6-7)cc5)cc2)(C4)C3)cc1. The van der Waals surface area contributed by atoms with Crippen molar-refractivity contribution >= 4 is 80.4 Å². The maximum Gasteiger partial charge on any atom is 0.0465 e. The summed E-state index contributed by atoms with van der Waals surface area (Å²) in [4.78, 5) is 9.88. The van der Waals surface area contributed by atoms with Gasteiger partial charge < -0.3 is 19.6 Å². The van der Waals surface area contributed by atoms with Crippen molar-refractivity contribution in [2.24, 2.45) is 23.7 Å². The lowest BCUT2D eigenvalue weighted by Crippen LogP contribution is -2.55. The Morgan fingerprint density at radius 1 is 0.277 bits per heavy atom. The molecule has 15 aromatic carbocycles. The molecule has 15 aromatic rings. The van der Waals surface area contributed by atoms with E-state index in [-0.39, 0.29) is 32.5 Å². The van der Waals surface area contributed by atoms with Crippen LogP contribution >= 0.6 is 0 Å². The Morgan fingerprint density at radius 2 is 0.562 bits per heavy atom. The Labute approximate surface area is 815 Å². The number of hydrogen-bond donors (Lipinski definition) is 0. The van der Waals surface area contributed by atoms with Crippen LogP contribution in [0.1, 0.15) is 239 Å². The minimum Gasteiger partial charge on any atom is -0.311 e. The third kappa shape index (κ3) is 15.3. The molecule has 0 amide bonds. The highest BCUT2D eigenvalue weighted by molar-refractivity contribution is 5.91. The summed E-state index contributed by atoms with van der Waals surface area (Å²) in [6, 6.07) is 130. The highest BCUT2D eigenvalue weighted by Gasteiger charge is 2.60. The third-order valence-corrected chi connectivity index (χ3v) is 35.2. The largest absolute Gasteiger partial charge is 0.311 e. The normalized spacial score (nSPS) is 22.1. The van der Waals surface area contributed by atoms with Crippen LogP contribution in [0.15, 0.2) is 347 Å². The molecular formula is C133H130N4. The van der Waals surface area contributed by atoms with E-state index in [1.165, 1.54) is 284 Å². The fourth-order valence-electron chi connectivity index (χ4n) is 28.7. The van der Waals surface area contributed by atoms with Gasteiger partial charge in [0.1, 0.15) is 0 Å². The number of hydrogen-bond acceptors (Lipinski definition) is 4. The van der Waals surface area contributed by atoms with Gasteiger partial charge in [0.15, 0.2) is 0 Å². The van der Waals surface area contributed by atoms with Crippen LogP contribution in [0.4, 0.5) is 68.2 Å². The van der Waals surface area contributed by atoms with E-state index in [0.29, 0.717) is 0 Å². The van der Waals surface area contributed by atoms with Crippen LogP contribution in [-0.2, 0) is 71.0 Å². The van der Waals surface area contributed by atoms with Gasteiger partial charge >= 0.3 is 0 Å². The summed E-state index contributed by atoms with van der Waals surface area (Å²) in [6.07, 6.45) is 31.8. The van der Waals surface area contributed by atoms with Gasteiger partial charge in [-0.3, -0.25) is 0 Å². The second kappa shape index (κ2) is 34.3. The van der Waals surface area contributed by atoms with Crippen LogP contribution in [-0.4, -0.2) is 0 Å². The number of anilines is 12. The van der Waals surface area contributed by atoms with E-state index in [2.05, 4.69) is 415 Å². The summed E-state index contributed by atoms with van der Waals surface area (Å²) < 4.78 is 0. The molecule has 0 spiro atoms. The lowest BCUT2D eigenvalue weighted by molar-refractivity contribution is -0.0282. The molecule has 0 aliphatic heterocycles. The zero-order valence-electron chi connectivity index (χ0n) is 81.5. The monoisotopic (exact) mass is 1780 g/mol. The number of aryl methyl sites for hydroxylation is 7.